The topological polar surface area (TPSA) is 80.5 Å². The van der Waals surface area contributed by atoms with Crippen molar-refractivity contribution in [3.63, 3.8) is 0 Å². The number of unbranched alkanes of at least 4 members (excludes halogenated alkanes) is 2. The number of hydrogen-bond donors (Lipinski definition) is 4. The Hall–Kier alpha value is -1.94. The smallest absolute Gasteiger partial charge is 0.234 e. The Balaban J connectivity index is 1.46. The van der Waals surface area contributed by atoms with Crippen molar-refractivity contribution in [2.45, 2.75) is 19.3 Å². The van der Waals surface area contributed by atoms with Crippen LogP contribution in [0.15, 0.2) is 42.5 Å². The molecule has 0 saturated heterocycles. The second-order valence-electron chi connectivity index (χ2n) is 7.73. The van der Waals surface area contributed by atoms with Crippen LogP contribution in [0.25, 0.3) is 20.8 Å². The van der Waals surface area contributed by atoms with E-state index in [1.54, 1.807) is 11.3 Å². The lowest BCUT2D eigenvalue weighted by Gasteiger charge is -2.20. The largest absolute Gasteiger partial charge is 0.492 e. The summed E-state index contributed by atoms with van der Waals surface area (Å²) in [5.74, 6) is 2.31. The van der Waals surface area contributed by atoms with Crippen LogP contribution in [0.1, 0.15) is 19.3 Å². The van der Waals surface area contributed by atoms with Crippen LogP contribution < -0.4 is 15.8 Å². The number of nitrogens with one attached hydrogen (secondary N) is 1. The number of carbonyl (C=O) groups excluding carboxylic acids is 1. The molecule has 3 N–H and O–H groups in total. The van der Waals surface area contributed by atoms with Crippen LogP contribution in [-0.4, -0.2) is 60.1 Å². The van der Waals surface area contributed by atoms with Crippen LogP contribution in [0.2, 0.25) is 0 Å². The highest BCUT2D eigenvalue weighted by atomic mass is 32.1. The molecule has 178 valence electrons. The van der Waals surface area contributed by atoms with Crippen molar-refractivity contribution < 1.29 is 9.53 Å². The normalized spacial score (nSPS) is 11.2. The fraction of sp³-hybridized carbons (Fsp3) is 0.417. The number of fused-ring (bicyclic) bond motifs is 1. The van der Waals surface area contributed by atoms with Crippen molar-refractivity contribution in [3.05, 3.63) is 42.5 Å². The van der Waals surface area contributed by atoms with Gasteiger partial charge in [-0.2, -0.15) is 25.3 Å². The SMILES string of the molecule is Nc1ccc(-c2nc3cccc(OCCCCCN(CCS)CC(=O)NCCS)c3s2)cc1. The van der Waals surface area contributed by atoms with E-state index in [9.17, 15) is 4.79 Å². The molecule has 0 spiro atoms. The molecular formula is C24H32N4O2S3. The fourth-order valence-corrected chi connectivity index (χ4v) is 4.88. The highest BCUT2D eigenvalue weighted by Crippen LogP contribution is 2.36. The minimum Gasteiger partial charge on any atom is -0.492 e. The van der Waals surface area contributed by atoms with Crippen molar-refractivity contribution in [1.82, 2.24) is 15.2 Å². The van der Waals surface area contributed by atoms with E-state index in [1.807, 2.05) is 42.5 Å². The number of thiol groups is 2. The zero-order valence-corrected chi connectivity index (χ0v) is 21.3. The molecule has 6 nitrogen and oxygen atoms in total. The number of rotatable bonds is 14. The molecule has 33 heavy (non-hydrogen) atoms. The van der Waals surface area contributed by atoms with E-state index in [1.165, 1.54) is 0 Å². The first-order valence-electron chi connectivity index (χ1n) is 11.2. The molecule has 2 aromatic carbocycles. The average Bonchev–Trinajstić information content (AvgIpc) is 3.25. The van der Waals surface area contributed by atoms with Gasteiger partial charge >= 0.3 is 0 Å². The van der Waals surface area contributed by atoms with Gasteiger partial charge in [0, 0.05) is 35.8 Å². The van der Waals surface area contributed by atoms with E-state index >= 15 is 0 Å². The van der Waals surface area contributed by atoms with E-state index in [4.69, 9.17) is 15.5 Å². The number of thiazole rings is 1. The van der Waals surface area contributed by atoms with Gasteiger partial charge in [-0.3, -0.25) is 9.69 Å². The molecule has 0 radical (unpaired) electrons. The number of ether oxygens (including phenoxy) is 1. The van der Waals surface area contributed by atoms with Gasteiger partial charge in [0.2, 0.25) is 5.91 Å². The Morgan fingerprint density at radius 1 is 1.06 bits per heavy atom. The quantitative estimate of drug-likeness (QED) is 0.149. The molecule has 0 atom stereocenters. The minimum atomic E-state index is 0.0464. The Morgan fingerprint density at radius 2 is 1.88 bits per heavy atom. The predicted molar refractivity (Wildman–Crippen MR) is 146 cm³/mol. The lowest BCUT2D eigenvalue weighted by molar-refractivity contribution is -0.122. The third kappa shape index (κ3) is 8.10. The zero-order chi connectivity index (χ0) is 23.5. The van der Waals surface area contributed by atoms with Crippen molar-refractivity contribution in [2.24, 2.45) is 0 Å². The van der Waals surface area contributed by atoms with Gasteiger partial charge in [-0.15, -0.1) is 11.3 Å². The lowest BCUT2D eigenvalue weighted by atomic mass is 10.2. The van der Waals surface area contributed by atoms with E-state index < -0.39 is 0 Å². The van der Waals surface area contributed by atoms with E-state index in [0.29, 0.717) is 25.4 Å². The van der Waals surface area contributed by atoms with Crippen LogP contribution in [0, 0.1) is 0 Å². The molecule has 1 heterocycles. The average molecular weight is 505 g/mol. The van der Waals surface area contributed by atoms with Crippen molar-refractivity contribution >= 4 is 58.4 Å². The van der Waals surface area contributed by atoms with Gasteiger partial charge < -0.3 is 15.8 Å². The van der Waals surface area contributed by atoms with Gasteiger partial charge in [0.05, 0.1) is 23.4 Å². The van der Waals surface area contributed by atoms with E-state index in [-0.39, 0.29) is 5.91 Å². The summed E-state index contributed by atoms with van der Waals surface area (Å²) in [6.07, 6.45) is 3.01. The zero-order valence-electron chi connectivity index (χ0n) is 18.7. The molecule has 3 aromatic rings. The van der Waals surface area contributed by atoms with Crippen molar-refractivity contribution in [1.29, 1.82) is 0 Å². The van der Waals surface area contributed by atoms with Crippen LogP contribution >= 0.6 is 36.6 Å². The summed E-state index contributed by atoms with van der Waals surface area (Å²) >= 11 is 10.1. The van der Waals surface area contributed by atoms with Gasteiger partial charge in [0.15, 0.2) is 0 Å². The highest BCUT2D eigenvalue weighted by molar-refractivity contribution is 7.80. The predicted octanol–water partition coefficient (Wildman–Crippen LogP) is 4.37. The second kappa shape index (κ2) is 13.7. The summed E-state index contributed by atoms with van der Waals surface area (Å²) in [6, 6.07) is 13.8. The van der Waals surface area contributed by atoms with Gasteiger partial charge in [-0.05, 0) is 62.2 Å². The third-order valence-electron chi connectivity index (χ3n) is 5.13. The molecule has 1 aromatic heterocycles. The standard InChI is InChI=1S/C24H32N4O2S3/c25-19-9-7-18(8-10-19)24-27-20-5-4-6-21(23(20)33-24)30-14-3-1-2-12-28(13-16-32)17-22(29)26-11-15-31/h4-10,31-32H,1-3,11-17,25H2,(H,26,29). The molecule has 0 aliphatic carbocycles. The molecule has 1 amide bonds. The van der Waals surface area contributed by atoms with Gasteiger partial charge in [0.25, 0.3) is 0 Å². The first-order valence-corrected chi connectivity index (χ1v) is 13.3. The monoisotopic (exact) mass is 504 g/mol. The molecule has 3 rings (SSSR count). The number of anilines is 1. The number of hydrogen-bond acceptors (Lipinski definition) is 8. The maximum atomic E-state index is 12.0. The molecule has 0 unspecified atom stereocenters. The number of benzene rings is 2. The van der Waals surface area contributed by atoms with Crippen LogP contribution in [0.3, 0.4) is 0 Å². The van der Waals surface area contributed by atoms with Gasteiger partial charge in [-0.25, -0.2) is 4.98 Å². The van der Waals surface area contributed by atoms with E-state index in [0.717, 1.165) is 70.3 Å². The summed E-state index contributed by atoms with van der Waals surface area (Å²) in [7, 11) is 0. The molecule has 0 aliphatic heterocycles. The summed E-state index contributed by atoms with van der Waals surface area (Å²) in [5.41, 5.74) is 8.55. The summed E-state index contributed by atoms with van der Waals surface area (Å²) in [4.78, 5) is 18.9. The van der Waals surface area contributed by atoms with Crippen LogP contribution in [-0.2, 0) is 4.79 Å². The van der Waals surface area contributed by atoms with E-state index in [2.05, 4.69) is 35.5 Å². The maximum Gasteiger partial charge on any atom is 0.234 e. The minimum absolute atomic E-state index is 0.0464. The van der Waals surface area contributed by atoms with Crippen molar-refractivity contribution in [2.75, 3.05) is 50.0 Å². The summed E-state index contributed by atoms with van der Waals surface area (Å²) in [6.45, 7) is 3.35. The highest BCUT2D eigenvalue weighted by Gasteiger charge is 2.11. The van der Waals surface area contributed by atoms with Crippen molar-refractivity contribution in [3.8, 4) is 16.3 Å². The number of aromatic nitrogens is 1. The maximum absolute atomic E-state index is 12.0. The fourth-order valence-electron chi connectivity index (χ4n) is 3.45. The van der Waals surface area contributed by atoms with Crippen LogP contribution in [0.5, 0.6) is 5.75 Å². The molecule has 0 bridgehead atoms. The number of nitrogens with zero attached hydrogens (tertiary/aromatic N) is 2. The molecule has 0 fully saturated rings. The second-order valence-corrected chi connectivity index (χ2v) is 9.62. The summed E-state index contributed by atoms with van der Waals surface area (Å²) in [5, 5.41) is 3.83. The number of nitrogens with two attached hydrogens (primary N) is 1. The Morgan fingerprint density at radius 3 is 2.64 bits per heavy atom. The number of carbonyl (C=O) groups is 1. The summed E-state index contributed by atoms with van der Waals surface area (Å²) < 4.78 is 7.17. The molecular weight excluding hydrogens is 472 g/mol. The van der Waals surface area contributed by atoms with Gasteiger partial charge in [-0.1, -0.05) is 6.07 Å². The van der Waals surface area contributed by atoms with Crippen LogP contribution in [0.4, 0.5) is 5.69 Å². The Labute approximate surface area is 210 Å². The number of nitrogen functional groups attached to an aromatic ring is 1. The third-order valence-corrected chi connectivity index (χ3v) is 6.69. The Kier molecular flexibility index (Phi) is 10.7. The first kappa shape index (κ1) is 25.7. The lowest BCUT2D eigenvalue weighted by Crippen LogP contribution is -2.39. The molecule has 9 heteroatoms. The van der Waals surface area contributed by atoms with Gasteiger partial charge in [0.1, 0.15) is 10.8 Å². The Bertz CT molecular complexity index is 1010. The number of amides is 1. The first-order chi connectivity index (χ1) is 16.1. The molecule has 0 aliphatic rings. The molecule has 0 saturated carbocycles.